The van der Waals surface area contributed by atoms with Gasteiger partial charge >= 0.3 is 0 Å². The first kappa shape index (κ1) is 11.0. The third kappa shape index (κ3) is 1.89. The van der Waals surface area contributed by atoms with Crippen molar-refractivity contribution in [1.82, 2.24) is 14.9 Å². The van der Waals surface area contributed by atoms with E-state index in [9.17, 15) is 0 Å². The highest BCUT2D eigenvalue weighted by Crippen LogP contribution is 2.24. The lowest BCUT2D eigenvalue weighted by Crippen LogP contribution is -2.10. The van der Waals surface area contributed by atoms with Gasteiger partial charge in [0.2, 0.25) is 0 Å². The lowest BCUT2D eigenvalue weighted by molar-refractivity contribution is 0.714. The number of nitrogens with one attached hydrogen (secondary N) is 1. The van der Waals surface area contributed by atoms with Crippen LogP contribution in [0.15, 0.2) is 36.8 Å². The van der Waals surface area contributed by atoms with Crippen molar-refractivity contribution in [3.8, 4) is 11.8 Å². The van der Waals surface area contributed by atoms with Crippen LogP contribution >= 0.6 is 0 Å². The van der Waals surface area contributed by atoms with Crippen molar-refractivity contribution >= 4 is 0 Å². The average Bonchev–Trinajstić information content (AvgIpc) is 3.09. The molecule has 90 valence electrons. The summed E-state index contributed by atoms with van der Waals surface area (Å²) < 4.78 is 2.11. The number of hydrogen-bond donors (Lipinski definition) is 1. The van der Waals surface area contributed by atoms with E-state index in [1.807, 2.05) is 36.8 Å². The van der Waals surface area contributed by atoms with Gasteiger partial charge in [0.25, 0.3) is 0 Å². The topological polar surface area (TPSA) is 53.6 Å². The number of nitriles is 1. The molecule has 4 heteroatoms. The number of benzene rings is 1. The minimum Gasteiger partial charge on any atom is -0.316 e. The highest BCUT2D eigenvalue weighted by Gasteiger charge is 2.20. The van der Waals surface area contributed by atoms with Crippen molar-refractivity contribution in [2.75, 3.05) is 13.1 Å². The lowest BCUT2D eigenvalue weighted by Gasteiger charge is -2.12. The van der Waals surface area contributed by atoms with E-state index in [1.165, 1.54) is 5.69 Å². The molecule has 1 N–H and O–H groups in total. The highest BCUT2D eigenvalue weighted by molar-refractivity contribution is 5.40. The van der Waals surface area contributed by atoms with E-state index in [-0.39, 0.29) is 0 Å². The van der Waals surface area contributed by atoms with E-state index in [4.69, 9.17) is 5.26 Å². The van der Waals surface area contributed by atoms with Gasteiger partial charge in [0.05, 0.1) is 18.0 Å². The summed E-state index contributed by atoms with van der Waals surface area (Å²) >= 11 is 0. The summed E-state index contributed by atoms with van der Waals surface area (Å²) in [4.78, 5) is 4.26. The van der Waals surface area contributed by atoms with Crippen LogP contribution in [0.1, 0.15) is 23.6 Å². The first-order valence-corrected chi connectivity index (χ1v) is 6.12. The fourth-order valence-electron chi connectivity index (χ4n) is 2.43. The van der Waals surface area contributed by atoms with Crippen LogP contribution in [-0.2, 0) is 0 Å². The smallest absolute Gasteiger partial charge is 0.0994 e. The summed E-state index contributed by atoms with van der Waals surface area (Å²) in [6.45, 7) is 2.09. The SMILES string of the molecule is N#Cc1ccc(-n2cncc2C2CCNC2)cc1. The molecule has 0 spiro atoms. The summed E-state index contributed by atoms with van der Waals surface area (Å²) in [6, 6.07) is 9.74. The first-order chi connectivity index (χ1) is 8.88. The molecule has 2 heterocycles. The summed E-state index contributed by atoms with van der Waals surface area (Å²) in [6.07, 6.45) is 4.94. The molecule has 18 heavy (non-hydrogen) atoms. The Bertz CT molecular complexity index is 571. The van der Waals surface area contributed by atoms with Crippen molar-refractivity contribution in [1.29, 1.82) is 5.26 Å². The van der Waals surface area contributed by atoms with Gasteiger partial charge in [0.1, 0.15) is 0 Å². The van der Waals surface area contributed by atoms with E-state index >= 15 is 0 Å². The quantitative estimate of drug-likeness (QED) is 0.868. The Morgan fingerprint density at radius 1 is 1.33 bits per heavy atom. The Hall–Kier alpha value is -2.12. The molecular weight excluding hydrogens is 224 g/mol. The zero-order chi connectivity index (χ0) is 12.4. The maximum atomic E-state index is 8.81. The molecule has 3 rings (SSSR count). The minimum atomic E-state index is 0.531. The lowest BCUT2D eigenvalue weighted by atomic mass is 10.1. The summed E-state index contributed by atoms with van der Waals surface area (Å²) in [7, 11) is 0. The molecule has 1 unspecified atom stereocenters. The van der Waals surface area contributed by atoms with Gasteiger partial charge in [-0.3, -0.25) is 0 Å². The molecule has 1 aliphatic rings. The van der Waals surface area contributed by atoms with Gasteiger partial charge in [-0.15, -0.1) is 0 Å². The van der Waals surface area contributed by atoms with Gasteiger partial charge in [-0.05, 0) is 37.2 Å². The maximum Gasteiger partial charge on any atom is 0.0994 e. The fourth-order valence-corrected chi connectivity index (χ4v) is 2.43. The molecule has 2 aromatic rings. The second-order valence-corrected chi connectivity index (χ2v) is 4.54. The molecule has 0 saturated carbocycles. The molecule has 1 aliphatic heterocycles. The summed E-state index contributed by atoms with van der Waals surface area (Å²) in [5.74, 6) is 0.531. The zero-order valence-corrected chi connectivity index (χ0v) is 10.0. The van der Waals surface area contributed by atoms with Crippen molar-refractivity contribution in [2.45, 2.75) is 12.3 Å². The molecule has 1 aromatic carbocycles. The summed E-state index contributed by atoms with van der Waals surface area (Å²) in [5, 5.41) is 12.2. The molecular formula is C14H14N4. The van der Waals surface area contributed by atoms with Crippen molar-refractivity contribution in [3.05, 3.63) is 48.0 Å². The largest absolute Gasteiger partial charge is 0.316 e. The molecule has 4 nitrogen and oxygen atoms in total. The van der Waals surface area contributed by atoms with Crippen LogP contribution in [0, 0.1) is 11.3 Å². The standard InChI is InChI=1S/C14H14N4/c15-7-11-1-3-13(4-2-11)18-10-17-9-14(18)12-5-6-16-8-12/h1-4,9-10,12,16H,5-6,8H2. The Kier molecular flexibility index (Phi) is 2.83. The third-order valence-electron chi connectivity index (χ3n) is 3.42. The number of nitrogens with zero attached hydrogens (tertiary/aromatic N) is 3. The Morgan fingerprint density at radius 2 is 2.17 bits per heavy atom. The van der Waals surface area contributed by atoms with Crippen LogP contribution in [-0.4, -0.2) is 22.6 Å². The van der Waals surface area contributed by atoms with Crippen molar-refractivity contribution in [2.24, 2.45) is 0 Å². The van der Waals surface area contributed by atoms with Crippen LogP contribution in [0.2, 0.25) is 0 Å². The predicted molar refractivity (Wildman–Crippen MR) is 68.5 cm³/mol. The Balaban J connectivity index is 1.96. The Morgan fingerprint density at radius 3 is 2.83 bits per heavy atom. The molecule has 1 saturated heterocycles. The van der Waals surface area contributed by atoms with E-state index < -0.39 is 0 Å². The van der Waals surface area contributed by atoms with Gasteiger partial charge in [0, 0.05) is 30.0 Å². The van der Waals surface area contributed by atoms with Crippen molar-refractivity contribution in [3.63, 3.8) is 0 Å². The number of imidazole rings is 1. The monoisotopic (exact) mass is 238 g/mol. The second kappa shape index (κ2) is 4.63. The highest BCUT2D eigenvalue weighted by atomic mass is 15.1. The molecule has 1 aromatic heterocycles. The van der Waals surface area contributed by atoms with Crippen LogP contribution in [0.4, 0.5) is 0 Å². The van der Waals surface area contributed by atoms with E-state index in [2.05, 4.69) is 20.9 Å². The van der Waals surface area contributed by atoms with Gasteiger partial charge < -0.3 is 9.88 Å². The second-order valence-electron chi connectivity index (χ2n) is 4.54. The average molecular weight is 238 g/mol. The predicted octanol–water partition coefficient (Wildman–Crippen LogP) is 1.82. The van der Waals surface area contributed by atoms with Gasteiger partial charge in [-0.1, -0.05) is 0 Å². The number of aromatic nitrogens is 2. The Labute approximate surface area is 106 Å². The zero-order valence-electron chi connectivity index (χ0n) is 10.0. The van der Waals surface area contributed by atoms with Gasteiger partial charge in [-0.2, -0.15) is 5.26 Å². The molecule has 0 amide bonds. The molecule has 0 radical (unpaired) electrons. The van der Waals surface area contributed by atoms with Crippen molar-refractivity contribution < 1.29 is 0 Å². The molecule has 0 bridgehead atoms. The summed E-state index contributed by atoms with van der Waals surface area (Å²) in [5.41, 5.74) is 2.99. The number of hydrogen-bond acceptors (Lipinski definition) is 3. The third-order valence-corrected chi connectivity index (χ3v) is 3.42. The molecule has 0 aliphatic carbocycles. The fraction of sp³-hybridized carbons (Fsp3) is 0.286. The van der Waals surface area contributed by atoms with Gasteiger partial charge in [0.15, 0.2) is 0 Å². The molecule has 1 fully saturated rings. The number of rotatable bonds is 2. The van der Waals surface area contributed by atoms with E-state index in [1.54, 1.807) is 0 Å². The van der Waals surface area contributed by atoms with Crippen LogP contribution < -0.4 is 5.32 Å². The first-order valence-electron chi connectivity index (χ1n) is 6.12. The maximum absolute atomic E-state index is 8.81. The normalized spacial score (nSPS) is 18.7. The van der Waals surface area contributed by atoms with Gasteiger partial charge in [-0.25, -0.2) is 4.98 Å². The van der Waals surface area contributed by atoms with E-state index in [0.29, 0.717) is 11.5 Å². The van der Waals surface area contributed by atoms with E-state index in [0.717, 1.165) is 25.2 Å². The molecule has 1 atom stereocenters. The van der Waals surface area contributed by atoms with Crippen LogP contribution in [0.25, 0.3) is 5.69 Å². The van der Waals surface area contributed by atoms with Crippen LogP contribution in [0.5, 0.6) is 0 Å². The minimum absolute atomic E-state index is 0.531. The van der Waals surface area contributed by atoms with Crippen LogP contribution in [0.3, 0.4) is 0 Å².